The number of aryl methyl sites for hydroxylation is 3. The third kappa shape index (κ3) is 2.22. The molecule has 0 N–H and O–H groups in total. The van der Waals surface area contributed by atoms with E-state index in [0.29, 0.717) is 11.3 Å². The van der Waals surface area contributed by atoms with Crippen molar-refractivity contribution in [1.82, 2.24) is 9.97 Å². The lowest BCUT2D eigenvalue weighted by molar-refractivity contribution is 0.242. The van der Waals surface area contributed by atoms with E-state index in [1.165, 1.54) is 30.7 Å². The lowest BCUT2D eigenvalue weighted by atomic mass is 9.70. The van der Waals surface area contributed by atoms with Crippen molar-refractivity contribution >= 4 is 0 Å². The molecule has 94 valence electrons. The topological polar surface area (TPSA) is 25.8 Å². The molecule has 1 unspecified atom stereocenters. The Morgan fingerprint density at radius 1 is 1.18 bits per heavy atom. The van der Waals surface area contributed by atoms with E-state index >= 15 is 0 Å². The predicted octanol–water partition coefficient (Wildman–Crippen LogP) is 3.95. The van der Waals surface area contributed by atoms with Crippen LogP contribution in [0.2, 0.25) is 0 Å². The van der Waals surface area contributed by atoms with Gasteiger partial charge in [0.15, 0.2) is 0 Å². The normalized spacial score (nSPS) is 20.2. The Morgan fingerprint density at radius 2 is 1.82 bits per heavy atom. The predicted molar refractivity (Wildman–Crippen MR) is 71.3 cm³/mol. The van der Waals surface area contributed by atoms with Crippen LogP contribution < -0.4 is 0 Å². The summed E-state index contributed by atoms with van der Waals surface area (Å²) in [4.78, 5) is 9.60. The average molecular weight is 232 g/mol. The first-order chi connectivity index (χ1) is 7.95. The molecule has 0 aromatic carbocycles. The molecule has 1 aromatic rings. The average Bonchev–Trinajstić information content (AvgIpc) is 2.30. The number of aromatic nitrogens is 2. The van der Waals surface area contributed by atoms with E-state index in [9.17, 15) is 0 Å². The highest BCUT2D eigenvalue weighted by molar-refractivity contribution is 5.26. The molecule has 0 fully saturated rings. The van der Waals surface area contributed by atoms with Crippen LogP contribution in [0.25, 0.3) is 0 Å². The Balaban J connectivity index is 2.47. The minimum Gasteiger partial charge on any atom is -0.254 e. The minimum absolute atomic E-state index is 0.339. The zero-order chi connectivity index (χ0) is 12.6. The molecule has 0 aliphatic heterocycles. The molecular formula is C15H24N2. The van der Waals surface area contributed by atoms with Gasteiger partial charge in [-0.1, -0.05) is 27.2 Å². The highest BCUT2D eigenvalue weighted by Crippen LogP contribution is 2.44. The molecule has 1 atom stereocenters. The Labute approximate surface area is 105 Å². The summed E-state index contributed by atoms with van der Waals surface area (Å²) in [5, 5.41) is 0. The fourth-order valence-corrected chi connectivity index (χ4v) is 2.75. The van der Waals surface area contributed by atoms with Crippen molar-refractivity contribution < 1.29 is 0 Å². The summed E-state index contributed by atoms with van der Waals surface area (Å²) in [6.07, 6.45) is 4.84. The number of fused-ring (bicyclic) bond motifs is 1. The molecule has 1 aromatic heterocycles. The van der Waals surface area contributed by atoms with E-state index in [0.717, 1.165) is 17.8 Å². The highest BCUT2D eigenvalue weighted by Gasteiger charge is 2.34. The van der Waals surface area contributed by atoms with E-state index in [2.05, 4.69) is 34.6 Å². The number of rotatable bonds is 2. The maximum atomic E-state index is 4.85. The fourth-order valence-electron chi connectivity index (χ4n) is 2.75. The van der Waals surface area contributed by atoms with E-state index in [1.807, 2.05) is 0 Å². The SMILES string of the molecule is CCC(C)(C)C1CCCc2nc(C)c(C)nc21. The summed E-state index contributed by atoms with van der Waals surface area (Å²) in [6.45, 7) is 11.2. The van der Waals surface area contributed by atoms with Crippen LogP contribution >= 0.6 is 0 Å². The van der Waals surface area contributed by atoms with Gasteiger partial charge < -0.3 is 0 Å². The molecule has 0 bridgehead atoms. The second kappa shape index (κ2) is 4.40. The lowest BCUT2D eigenvalue weighted by Gasteiger charge is -2.36. The van der Waals surface area contributed by atoms with Crippen molar-refractivity contribution in [2.24, 2.45) is 5.41 Å². The Bertz CT molecular complexity index is 421. The van der Waals surface area contributed by atoms with Gasteiger partial charge in [0.25, 0.3) is 0 Å². The van der Waals surface area contributed by atoms with Gasteiger partial charge in [0.05, 0.1) is 22.8 Å². The summed E-state index contributed by atoms with van der Waals surface area (Å²) in [6, 6.07) is 0. The number of hydrogen-bond acceptors (Lipinski definition) is 2. The first kappa shape index (κ1) is 12.5. The molecule has 17 heavy (non-hydrogen) atoms. The monoisotopic (exact) mass is 232 g/mol. The molecule has 0 saturated heterocycles. The summed E-state index contributed by atoms with van der Waals surface area (Å²) < 4.78 is 0. The quantitative estimate of drug-likeness (QED) is 0.771. The van der Waals surface area contributed by atoms with Gasteiger partial charge in [-0.3, -0.25) is 9.97 Å². The van der Waals surface area contributed by atoms with Gasteiger partial charge in [0, 0.05) is 5.92 Å². The Morgan fingerprint density at radius 3 is 2.47 bits per heavy atom. The molecule has 2 rings (SSSR count). The van der Waals surface area contributed by atoms with Crippen molar-refractivity contribution in [3.63, 3.8) is 0 Å². The lowest BCUT2D eigenvalue weighted by Crippen LogP contribution is -2.27. The first-order valence-electron chi connectivity index (χ1n) is 6.79. The second-order valence-electron chi connectivity index (χ2n) is 6.01. The largest absolute Gasteiger partial charge is 0.254 e. The molecule has 2 nitrogen and oxygen atoms in total. The zero-order valence-corrected chi connectivity index (χ0v) is 11.8. The maximum Gasteiger partial charge on any atom is 0.0658 e. The van der Waals surface area contributed by atoms with Crippen LogP contribution in [0.5, 0.6) is 0 Å². The van der Waals surface area contributed by atoms with Gasteiger partial charge in [0.2, 0.25) is 0 Å². The standard InChI is InChI=1S/C15H24N2/c1-6-15(4,5)12-8-7-9-13-14(12)17-11(3)10(2)16-13/h12H,6-9H2,1-5H3. The molecule has 0 saturated carbocycles. The smallest absolute Gasteiger partial charge is 0.0658 e. The molecule has 0 amide bonds. The maximum absolute atomic E-state index is 4.85. The molecule has 2 heteroatoms. The minimum atomic E-state index is 0.339. The van der Waals surface area contributed by atoms with Gasteiger partial charge >= 0.3 is 0 Å². The molecule has 1 aliphatic rings. The summed E-state index contributed by atoms with van der Waals surface area (Å²) in [7, 11) is 0. The van der Waals surface area contributed by atoms with Crippen LogP contribution in [-0.2, 0) is 6.42 Å². The van der Waals surface area contributed by atoms with Crippen molar-refractivity contribution in [2.75, 3.05) is 0 Å². The third-order valence-corrected chi connectivity index (χ3v) is 4.50. The number of nitrogens with zero attached hydrogens (tertiary/aromatic N) is 2. The van der Waals surface area contributed by atoms with Crippen LogP contribution in [0.15, 0.2) is 0 Å². The molecule has 1 aliphatic carbocycles. The van der Waals surface area contributed by atoms with Crippen molar-refractivity contribution in [3.8, 4) is 0 Å². The molecule has 0 radical (unpaired) electrons. The first-order valence-corrected chi connectivity index (χ1v) is 6.79. The zero-order valence-electron chi connectivity index (χ0n) is 11.8. The van der Waals surface area contributed by atoms with Gasteiger partial charge in [-0.05, 0) is 38.5 Å². The van der Waals surface area contributed by atoms with Crippen molar-refractivity contribution in [3.05, 3.63) is 22.8 Å². The molecule has 0 spiro atoms. The summed E-state index contributed by atoms with van der Waals surface area (Å²) in [5.74, 6) is 0.586. The van der Waals surface area contributed by atoms with Gasteiger partial charge in [-0.25, -0.2) is 0 Å². The van der Waals surface area contributed by atoms with Crippen LogP contribution in [0.4, 0.5) is 0 Å². The van der Waals surface area contributed by atoms with E-state index < -0.39 is 0 Å². The fraction of sp³-hybridized carbons (Fsp3) is 0.733. The van der Waals surface area contributed by atoms with Gasteiger partial charge in [-0.2, -0.15) is 0 Å². The van der Waals surface area contributed by atoms with E-state index in [1.54, 1.807) is 0 Å². The van der Waals surface area contributed by atoms with Crippen molar-refractivity contribution in [1.29, 1.82) is 0 Å². The molecular weight excluding hydrogens is 208 g/mol. The van der Waals surface area contributed by atoms with Gasteiger partial charge in [-0.15, -0.1) is 0 Å². The van der Waals surface area contributed by atoms with E-state index in [-0.39, 0.29) is 0 Å². The Hall–Kier alpha value is -0.920. The highest BCUT2D eigenvalue weighted by atomic mass is 14.9. The third-order valence-electron chi connectivity index (χ3n) is 4.50. The summed E-state index contributed by atoms with van der Waals surface area (Å²) >= 11 is 0. The van der Waals surface area contributed by atoms with Crippen LogP contribution in [-0.4, -0.2) is 9.97 Å². The van der Waals surface area contributed by atoms with E-state index in [4.69, 9.17) is 9.97 Å². The van der Waals surface area contributed by atoms with Gasteiger partial charge in [0.1, 0.15) is 0 Å². The van der Waals surface area contributed by atoms with Crippen molar-refractivity contribution in [2.45, 2.75) is 66.2 Å². The Kier molecular flexibility index (Phi) is 3.24. The van der Waals surface area contributed by atoms with Crippen LogP contribution in [0, 0.1) is 19.3 Å². The second-order valence-corrected chi connectivity index (χ2v) is 6.01. The van der Waals surface area contributed by atoms with Crippen LogP contribution in [0.1, 0.15) is 68.7 Å². The molecule has 1 heterocycles. The number of hydrogen-bond donors (Lipinski definition) is 0. The summed E-state index contributed by atoms with van der Waals surface area (Å²) in [5.41, 5.74) is 5.07. The van der Waals surface area contributed by atoms with Crippen LogP contribution in [0.3, 0.4) is 0 Å².